The van der Waals surface area contributed by atoms with Crippen LogP contribution in [-0.2, 0) is 7.05 Å². The Morgan fingerprint density at radius 3 is 2.07 bits per heavy atom. The number of benzene rings is 1. The number of hydrogen-bond donors (Lipinski definition) is 3. The fraction of sp³-hybridized carbons (Fsp3) is 0.409. The Hall–Kier alpha value is -2.89. The summed E-state index contributed by atoms with van der Waals surface area (Å²) < 4.78 is 2.20. The molecule has 0 atom stereocenters. The molecule has 28 heavy (non-hydrogen) atoms. The van der Waals surface area contributed by atoms with Crippen LogP contribution in [0.2, 0.25) is 0 Å². The van der Waals surface area contributed by atoms with Crippen LogP contribution in [0.4, 0.5) is 22.7 Å². The molecular formula is C22H32N6. The number of nitrogens with zero attached hydrogens (tertiary/aromatic N) is 3. The van der Waals surface area contributed by atoms with Crippen molar-refractivity contribution in [1.29, 1.82) is 0 Å². The molecular weight excluding hydrogens is 348 g/mol. The third-order valence-electron chi connectivity index (χ3n) is 5.37. The van der Waals surface area contributed by atoms with Gasteiger partial charge in [-0.15, -0.1) is 0 Å². The molecule has 6 nitrogen and oxygen atoms in total. The van der Waals surface area contributed by atoms with E-state index in [0.717, 1.165) is 52.5 Å². The van der Waals surface area contributed by atoms with Gasteiger partial charge in [-0.1, -0.05) is 0 Å². The van der Waals surface area contributed by atoms with E-state index in [4.69, 9.17) is 4.98 Å². The Bertz CT molecular complexity index is 959. The van der Waals surface area contributed by atoms with Gasteiger partial charge in [-0.25, -0.2) is 0 Å². The molecule has 0 amide bonds. The summed E-state index contributed by atoms with van der Waals surface area (Å²) in [4.78, 5) is 7.35. The summed E-state index contributed by atoms with van der Waals surface area (Å²) in [6.07, 6.45) is 2.19. The SMILES string of the molecule is CCN(CC)c1cc(C)nc2c(-c3c(NC)cc(NC)cc3NC)cn(C)c12. The molecule has 3 rings (SSSR count). The van der Waals surface area contributed by atoms with Gasteiger partial charge in [0.1, 0.15) is 0 Å². The van der Waals surface area contributed by atoms with Crippen LogP contribution in [0, 0.1) is 6.92 Å². The average Bonchev–Trinajstić information content (AvgIpc) is 3.03. The maximum absolute atomic E-state index is 4.96. The van der Waals surface area contributed by atoms with Crippen molar-refractivity contribution in [2.75, 3.05) is 55.1 Å². The molecule has 0 aliphatic heterocycles. The van der Waals surface area contributed by atoms with E-state index in [2.05, 4.69) is 77.6 Å². The largest absolute Gasteiger partial charge is 0.388 e. The predicted octanol–water partition coefficient (Wildman–Crippen LogP) is 4.52. The Morgan fingerprint density at radius 2 is 1.57 bits per heavy atom. The Kier molecular flexibility index (Phi) is 5.68. The number of fused-ring (bicyclic) bond motifs is 1. The van der Waals surface area contributed by atoms with Gasteiger partial charge in [-0.05, 0) is 39.0 Å². The highest BCUT2D eigenvalue weighted by Gasteiger charge is 2.21. The van der Waals surface area contributed by atoms with Gasteiger partial charge in [-0.2, -0.15) is 0 Å². The van der Waals surface area contributed by atoms with Crippen molar-refractivity contribution in [2.45, 2.75) is 20.8 Å². The summed E-state index contributed by atoms with van der Waals surface area (Å²) in [5.74, 6) is 0. The molecule has 6 heteroatoms. The molecule has 0 aliphatic rings. The molecule has 0 fully saturated rings. The first-order chi connectivity index (χ1) is 13.5. The van der Waals surface area contributed by atoms with E-state index < -0.39 is 0 Å². The number of nitrogens with one attached hydrogen (secondary N) is 3. The number of aromatic nitrogens is 2. The zero-order valence-electron chi connectivity index (χ0n) is 18.1. The van der Waals surface area contributed by atoms with Gasteiger partial charge in [0.25, 0.3) is 0 Å². The van der Waals surface area contributed by atoms with E-state index in [1.165, 1.54) is 11.2 Å². The lowest BCUT2D eigenvalue weighted by Crippen LogP contribution is -2.22. The first-order valence-corrected chi connectivity index (χ1v) is 9.92. The Labute approximate surface area is 168 Å². The van der Waals surface area contributed by atoms with Crippen LogP contribution < -0.4 is 20.9 Å². The van der Waals surface area contributed by atoms with Crippen molar-refractivity contribution in [3.8, 4) is 11.1 Å². The molecule has 2 aromatic heterocycles. The number of rotatable bonds is 7. The molecule has 3 aromatic rings. The van der Waals surface area contributed by atoms with Gasteiger partial charge in [0.15, 0.2) is 0 Å². The molecule has 0 unspecified atom stereocenters. The molecule has 0 saturated heterocycles. The summed E-state index contributed by atoms with van der Waals surface area (Å²) in [7, 11) is 7.97. The minimum atomic E-state index is 0.968. The van der Waals surface area contributed by atoms with Gasteiger partial charge in [-0.3, -0.25) is 4.98 Å². The highest BCUT2D eigenvalue weighted by molar-refractivity contribution is 6.05. The zero-order chi connectivity index (χ0) is 20.4. The van der Waals surface area contributed by atoms with Crippen molar-refractivity contribution in [1.82, 2.24) is 9.55 Å². The first-order valence-electron chi connectivity index (χ1n) is 9.92. The second-order valence-corrected chi connectivity index (χ2v) is 7.00. The van der Waals surface area contributed by atoms with Crippen LogP contribution >= 0.6 is 0 Å². The molecule has 0 bridgehead atoms. The predicted molar refractivity (Wildman–Crippen MR) is 123 cm³/mol. The van der Waals surface area contributed by atoms with Crippen molar-refractivity contribution in [3.63, 3.8) is 0 Å². The minimum Gasteiger partial charge on any atom is -0.388 e. The Morgan fingerprint density at radius 1 is 0.964 bits per heavy atom. The highest BCUT2D eigenvalue weighted by Crippen LogP contribution is 2.43. The molecule has 150 valence electrons. The first kappa shape index (κ1) is 19.9. The van der Waals surface area contributed by atoms with Crippen LogP contribution in [0.15, 0.2) is 24.4 Å². The van der Waals surface area contributed by atoms with Gasteiger partial charge >= 0.3 is 0 Å². The lowest BCUT2D eigenvalue weighted by molar-refractivity contribution is 0.859. The highest BCUT2D eigenvalue weighted by atomic mass is 15.1. The summed E-state index contributed by atoms with van der Waals surface area (Å²) >= 11 is 0. The molecule has 0 aliphatic carbocycles. The monoisotopic (exact) mass is 380 g/mol. The van der Waals surface area contributed by atoms with Crippen molar-refractivity contribution < 1.29 is 0 Å². The molecule has 0 saturated carbocycles. The molecule has 1 aromatic carbocycles. The summed E-state index contributed by atoms with van der Waals surface area (Å²) in [5.41, 5.74) is 9.94. The van der Waals surface area contributed by atoms with Crippen molar-refractivity contribution in [2.24, 2.45) is 7.05 Å². The molecule has 2 heterocycles. The van der Waals surface area contributed by atoms with Gasteiger partial charge in [0.2, 0.25) is 0 Å². The minimum absolute atomic E-state index is 0.968. The van der Waals surface area contributed by atoms with Crippen LogP contribution in [0.5, 0.6) is 0 Å². The normalized spacial score (nSPS) is 11.0. The standard InChI is InChI=1S/C22H32N6/c1-8-28(9-2)19-10-14(3)26-21-16(13-27(7)22(19)21)20-17(24-5)11-15(23-4)12-18(20)25-6/h10-13,23-25H,8-9H2,1-7H3. The molecule has 3 N–H and O–H groups in total. The molecule has 0 spiro atoms. The second kappa shape index (κ2) is 8.00. The number of aryl methyl sites for hydroxylation is 2. The fourth-order valence-electron chi connectivity index (χ4n) is 3.96. The van der Waals surface area contributed by atoms with Gasteiger partial charge in [0, 0.05) is 81.4 Å². The number of anilines is 4. The topological polar surface area (TPSA) is 57.2 Å². The number of pyridine rings is 1. The van der Waals surface area contributed by atoms with Crippen LogP contribution in [0.1, 0.15) is 19.5 Å². The van der Waals surface area contributed by atoms with Crippen molar-refractivity contribution >= 4 is 33.8 Å². The number of hydrogen-bond acceptors (Lipinski definition) is 5. The fourth-order valence-corrected chi connectivity index (χ4v) is 3.96. The van der Waals surface area contributed by atoms with E-state index in [0.29, 0.717) is 0 Å². The smallest absolute Gasteiger partial charge is 0.0985 e. The van der Waals surface area contributed by atoms with Crippen LogP contribution in [0.25, 0.3) is 22.2 Å². The summed E-state index contributed by atoms with van der Waals surface area (Å²) in [6.45, 7) is 8.41. The van der Waals surface area contributed by atoms with Gasteiger partial charge < -0.3 is 25.4 Å². The molecule has 0 radical (unpaired) electrons. The zero-order valence-corrected chi connectivity index (χ0v) is 18.1. The summed E-state index contributed by atoms with van der Waals surface area (Å²) in [6, 6.07) is 6.47. The van der Waals surface area contributed by atoms with Gasteiger partial charge in [0.05, 0.1) is 16.7 Å². The van der Waals surface area contributed by atoms with E-state index in [1.807, 2.05) is 21.1 Å². The maximum atomic E-state index is 4.96. The second-order valence-electron chi connectivity index (χ2n) is 7.00. The van der Waals surface area contributed by atoms with E-state index >= 15 is 0 Å². The lowest BCUT2D eigenvalue weighted by atomic mass is 10.0. The lowest BCUT2D eigenvalue weighted by Gasteiger charge is -2.23. The quantitative estimate of drug-likeness (QED) is 0.563. The van der Waals surface area contributed by atoms with E-state index in [9.17, 15) is 0 Å². The van der Waals surface area contributed by atoms with Crippen molar-refractivity contribution in [3.05, 3.63) is 30.1 Å². The summed E-state index contributed by atoms with van der Waals surface area (Å²) in [5, 5.41) is 9.97. The van der Waals surface area contributed by atoms with E-state index in [1.54, 1.807) is 0 Å². The third-order valence-corrected chi connectivity index (χ3v) is 5.37. The Balaban J connectivity index is 2.38. The third kappa shape index (κ3) is 3.23. The van der Waals surface area contributed by atoms with Crippen LogP contribution in [-0.4, -0.2) is 43.8 Å². The average molecular weight is 381 g/mol. The maximum Gasteiger partial charge on any atom is 0.0985 e. The van der Waals surface area contributed by atoms with E-state index in [-0.39, 0.29) is 0 Å². The van der Waals surface area contributed by atoms with Crippen LogP contribution in [0.3, 0.4) is 0 Å².